The topological polar surface area (TPSA) is 20.3 Å². The standard InChI is InChI=1S/C10H14ClF2NO/c11-4-9(15)14-5-10(6-14,3-8(12)13)7-1-2-7/h7-8H,1-6H2. The number of hydrogen-bond acceptors (Lipinski definition) is 1. The van der Waals surface area contributed by atoms with Crippen LogP contribution in [-0.2, 0) is 4.79 Å². The molecule has 1 saturated heterocycles. The number of alkyl halides is 3. The molecule has 1 aliphatic heterocycles. The van der Waals surface area contributed by atoms with Gasteiger partial charge < -0.3 is 4.90 Å². The Labute approximate surface area is 92.6 Å². The van der Waals surface area contributed by atoms with Crippen molar-refractivity contribution in [2.75, 3.05) is 19.0 Å². The van der Waals surface area contributed by atoms with E-state index >= 15 is 0 Å². The number of carbonyl (C=O) groups is 1. The van der Waals surface area contributed by atoms with E-state index in [1.54, 1.807) is 4.90 Å². The van der Waals surface area contributed by atoms with Gasteiger partial charge in [0.05, 0.1) is 0 Å². The molecule has 1 amide bonds. The number of likely N-dealkylation sites (tertiary alicyclic amines) is 1. The number of amides is 1. The summed E-state index contributed by atoms with van der Waals surface area (Å²) in [6, 6.07) is 0. The minimum atomic E-state index is -2.26. The fourth-order valence-electron chi connectivity index (χ4n) is 2.53. The number of hydrogen-bond donors (Lipinski definition) is 0. The first kappa shape index (κ1) is 11.1. The molecule has 0 aromatic rings. The zero-order chi connectivity index (χ0) is 11.1. The normalized spacial score (nSPS) is 24.1. The summed E-state index contributed by atoms with van der Waals surface area (Å²) in [5.74, 6) is 0.225. The van der Waals surface area contributed by atoms with Crippen LogP contribution in [0.25, 0.3) is 0 Å². The molecule has 1 heterocycles. The van der Waals surface area contributed by atoms with E-state index in [4.69, 9.17) is 11.6 Å². The van der Waals surface area contributed by atoms with Crippen molar-refractivity contribution in [2.45, 2.75) is 25.7 Å². The summed E-state index contributed by atoms with van der Waals surface area (Å²) in [7, 11) is 0. The summed E-state index contributed by atoms with van der Waals surface area (Å²) in [5, 5.41) is 0. The molecule has 0 N–H and O–H groups in total. The van der Waals surface area contributed by atoms with Gasteiger partial charge in [0.15, 0.2) is 0 Å². The van der Waals surface area contributed by atoms with E-state index in [1.807, 2.05) is 0 Å². The summed E-state index contributed by atoms with van der Waals surface area (Å²) in [6.07, 6.45) is -0.256. The van der Waals surface area contributed by atoms with E-state index in [2.05, 4.69) is 0 Å². The zero-order valence-corrected chi connectivity index (χ0v) is 9.14. The van der Waals surface area contributed by atoms with Crippen LogP contribution in [0.5, 0.6) is 0 Å². The molecular formula is C10H14ClF2NO. The summed E-state index contributed by atoms with van der Waals surface area (Å²) >= 11 is 5.41. The van der Waals surface area contributed by atoms with Crippen LogP contribution < -0.4 is 0 Å². The lowest BCUT2D eigenvalue weighted by Crippen LogP contribution is -2.60. The predicted molar refractivity (Wildman–Crippen MR) is 53.1 cm³/mol. The Morgan fingerprint density at radius 1 is 1.47 bits per heavy atom. The Morgan fingerprint density at radius 3 is 2.47 bits per heavy atom. The third-order valence-corrected chi connectivity index (χ3v) is 3.71. The van der Waals surface area contributed by atoms with Gasteiger partial charge in [-0.05, 0) is 18.8 Å². The first-order valence-electron chi connectivity index (χ1n) is 5.19. The average molecular weight is 238 g/mol. The lowest BCUT2D eigenvalue weighted by atomic mass is 9.72. The molecule has 0 radical (unpaired) electrons. The summed E-state index contributed by atoms with van der Waals surface area (Å²) in [6.45, 7) is 0.959. The summed E-state index contributed by atoms with van der Waals surface area (Å²) in [5.41, 5.74) is -0.296. The van der Waals surface area contributed by atoms with Crippen molar-refractivity contribution >= 4 is 17.5 Å². The van der Waals surface area contributed by atoms with Crippen molar-refractivity contribution < 1.29 is 13.6 Å². The Balaban J connectivity index is 1.92. The van der Waals surface area contributed by atoms with Crippen LogP contribution in [0, 0.1) is 11.3 Å². The van der Waals surface area contributed by atoms with Crippen LogP contribution in [0.1, 0.15) is 19.3 Å². The molecule has 15 heavy (non-hydrogen) atoms. The van der Waals surface area contributed by atoms with Crippen LogP contribution in [0.2, 0.25) is 0 Å². The number of rotatable bonds is 4. The average Bonchev–Trinajstić information content (AvgIpc) is 2.92. The maximum absolute atomic E-state index is 12.4. The molecule has 5 heteroatoms. The molecule has 2 aliphatic rings. The van der Waals surface area contributed by atoms with Crippen LogP contribution in [-0.4, -0.2) is 36.2 Å². The van der Waals surface area contributed by atoms with Crippen LogP contribution >= 0.6 is 11.6 Å². The van der Waals surface area contributed by atoms with Gasteiger partial charge in [0.1, 0.15) is 5.88 Å². The lowest BCUT2D eigenvalue weighted by molar-refractivity contribution is -0.145. The third-order valence-electron chi connectivity index (χ3n) is 3.48. The van der Waals surface area contributed by atoms with Gasteiger partial charge in [0, 0.05) is 24.9 Å². The Hall–Kier alpha value is -0.380. The van der Waals surface area contributed by atoms with Gasteiger partial charge in [-0.15, -0.1) is 11.6 Å². The molecule has 0 spiro atoms. The first-order chi connectivity index (χ1) is 7.07. The SMILES string of the molecule is O=C(CCl)N1CC(CC(F)F)(C2CC2)C1. The maximum atomic E-state index is 12.4. The van der Waals surface area contributed by atoms with E-state index in [0.29, 0.717) is 19.0 Å². The first-order valence-corrected chi connectivity index (χ1v) is 5.73. The molecule has 2 nitrogen and oxygen atoms in total. The quantitative estimate of drug-likeness (QED) is 0.686. The predicted octanol–water partition coefficient (Wildman–Crippen LogP) is 2.12. The van der Waals surface area contributed by atoms with Crippen molar-refractivity contribution in [2.24, 2.45) is 11.3 Å². The van der Waals surface area contributed by atoms with Gasteiger partial charge in [-0.2, -0.15) is 0 Å². The zero-order valence-electron chi connectivity index (χ0n) is 8.39. The lowest BCUT2D eigenvalue weighted by Gasteiger charge is -2.50. The molecule has 0 aromatic carbocycles. The third kappa shape index (κ3) is 2.10. The van der Waals surface area contributed by atoms with Gasteiger partial charge >= 0.3 is 0 Å². The van der Waals surface area contributed by atoms with Gasteiger partial charge in [-0.25, -0.2) is 8.78 Å². The molecule has 0 aromatic heterocycles. The minimum absolute atomic E-state index is 0.0462. The second-order valence-electron chi connectivity index (χ2n) is 4.62. The Morgan fingerprint density at radius 2 is 2.07 bits per heavy atom. The molecule has 0 atom stereocenters. The second-order valence-corrected chi connectivity index (χ2v) is 4.88. The molecule has 86 valence electrons. The van der Waals surface area contributed by atoms with Crippen molar-refractivity contribution in [1.29, 1.82) is 0 Å². The van der Waals surface area contributed by atoms with E-state index < -0.39 is 6.43 Å². The van der Waals surface area contributed by atoms with Crippen molar-refractivity contribution in [1.82, 2.24) is 4.90 Å². The van der Waals surface area contributed by atoms with Gasteiger partial charge in [0.2, 0.25) is 12.3 Å². The monoisotopic (exact) mass is 237 g/mol. The van der Waals surface area contributed by atoms with Gasteiger partial charge in [0.25, 0.3) is 0 Å². The molecule has 1 saturated carbocycles. The molecule has 0 bridgehead atoms. The number of nitrogens with zero attached hydrogens (tertiary/aromatic N) is 1. The smallest absolute Gasteiger partial charge is 0.239 e. The van der Waals surface area contributed by atoms with Crippen molar-refractivity contribution in [3.8, 4) is 0 Å². The van der Waals surface area contributed by atoms with Crippen molar-refractivity contribution in [3.05, 3.63) is 0 Å². The fraction of sp³-hybridized carbons (Fsp3) is 0.900. The largest absolute Gasteiger partial charge is 0.340 e. The van der Waals surface area contributed by atoms with Gasteiger partial charge in [-0.3, -0.25) is 4.79 Å². The Kier molecular flexibility index (Phi) is 2.88. The summed E-state index contributed by atoms with van der Waals surface area (Å²) in [4.78, 5) is 12.8. The van der Waals surface area contributed by atoms with E-state index in [-0.39, 0.29) is 23.6 Å². The van der Waals surface area contributed by atoms with Crippen LogP contribution in [0.4, 0.5) is 8.78 Å². The second kappa shape index (κ2) is 3.89. The van der Waals surface area contributed by atoms with E-state index in [1.165, 1.54) is 0 Å². The van der Waals surface area contributed by atoms with Gasteiger partial charge in [-0.1, -0.05) is 0 Å². The highest BCUT2D eigenvalue weighted by molar-refractivity contribution is 6.27. The number of halogens is 3. The molecule has 0 unspecified atom stereocenters. The molecule has 1 aliphatic carbocycles. The van der Waals surface area contributed by atoms with E-state index in [0.717, 1.165) is 12.8 Å². The fourth-order valence-corrected chi connectivity index (χ4v) is 2.70. The number of carbonyl (C=O) groups excluding carboxylic acids is 1. The highest BCUT2D eigenvalue weighted by Crippen LogP contribution is 2.53. The van der Waals surface area contributed by atoms with Crippen molar-refractivity contribution in [3.63, 3.8) is 0 Å². The molecular weight excluding hydrogens is 224 g/mol. The highest BCUT2D eigenvalue weighted by Gasteiger charge is 2.54. The Bertz CT molecular complexity index is 262. The van der Waals surface area contributed by atoms with E-state index in [9.17, 15) is 13.6 Å². The molecule has 2 fully saturated rings. The highest BCUT2D eigenvalue weighted by atomic mass is 35.5. The van der Waals surface area contributed by atoms with Crippen LogP contribution in [0.3, 0.4) is 0 Å². The minimum Gasteiger partial charge on any atom is -0.340 e. The maximum Gasteiger partial charge on any atom is 0.239 e. The van der Waals surface area contributed by atoms with Crippen LogP contribution in [0.15, 0.2) is 0 Å². The molecule has 2 rings (SSSR count). The summed E-state index contributed by atoms with van der Waals surface area (Å²) < 4.78 is 24.8.